The number of benzene rings is 2. The van der Waals surface area contributed by atoms with E-state index in [1.807, 2.05) is 42.5 Å². The molecule has 2 aromatic carbocycles. The molecule has 0 fully saturated rings. The Balaban J connectivity index is 1.61. The highest BCUT2D eigenvalue weighted by atomic mass is 19.3. The van der Waals surface area contributed by atoms with Crippen LogP contribution in [-0.4, -0.2) is 26.2 Å². The van der Waals surface area contributed by atoms with Crippen LogP contribution in [0.15, 0.2) is 67.0 Å². The molecule has 0 unspecified atom stereocenters. The molecule has 0 radical (unpaired) electrons. The summed E-state index contributed by atoms with van der Waals surface area (Å²) in [5, 5.41) is 7.44. The van der Waals surface area contributed by atoms with E-state index in [2.05, 4.69) is 25.1 Å². The summed E-state index contributed by atoms with van der Waals surface area (Å²) < 4.78 is 30.8. The Kier molecular flexibility index (Phi) is 4.61. The van der Waals surface area contributed by atoms with E-state index in [0.29, 0.717) is 18.1 Å². The molecule has 4 aromatic rings. The lowest BCUT2D eigenvalue weighted by atomic mass is 10.1. The van der Waals surface area contributed by atoms with Gasteiger partial charge in [-0.25, -0.2) is 4.98 Å². The second kappa shape index (κ2) is 7.36. The maximum atomic E-state index is 12.4. The fraction of sp³-hybridized carbons (Fsp3) is 0.105. The summed E-state index contributed by atoms with van der Waals surface area (Å²) in [6.45, 7) is -2.45. The average molecular weight is 367 g/mol. The van der Waals surface area contributed by atoms with E-state index in [-0.39, 0.29) is 5.75 Å². The van der Waals surface area contributed by atoms with Gasteiger partial charge in [-0.15, -0.1) is 0 Å². The molecule has 0 saturated carbocycles. The van der Waals surface area contributed by atoms with Crippen LogP contribution in [0.5, 0.6) is 5.75 Å². The third kappa shape index (κ3) is 3.84. The van der Waals surface area contributed by atoms with Gasteiger partial charge in [-0.05, 0) is 17.7 Å². The van der Waals surface area contributed by atoms with Gasteiger partial charge in [0.05, 0.1) is 5.69 Å². The van der Waals surface area contributed by atoms with E-state index < -0.39 is 6.61 Å². The molecule has 0 saturated heterocycles. The Bertz CT molecular complexity index is 1050. The number of alkyl halides is 2. The molecule has 27 heavy (non-hydrogen) atoms. The minimum Gasteiger partial charge on any atom is -0.435 e. The number of ether oxygens (including phenoxy) is 1. The average Bonchev–Trinajstić information content (AvgIpc) is 3.15. The molecule has 2 heterocycles. The van der Waals surface area contributed by atoms with Crippen molar-refractivity contribution in [1.82, 2.24) is 19.6 Å². The molecule has 0 aliphatic heterocycles. The second-order valence-corrected chi connectivity index (χ2v) is 5.74. The van der Waals surface area contributed by atoms with E-state index in [1.165, 1.54) is 12.4 Å². The van der Waals surface area contributed by atoms with Gasteiger partial charge in [0.1, 0.15) is 17.9 Å². The lowest BCUT2D eigenvalue weighted by Gasteiger charge is -2.11. The van der Waals surface area contributed by atoms with Crippen molar-refractivity contribution in [2.24, 2.45) is 0 Å². The zero-order chi connectivity index (χ0) is 18.6. The summed E-state index contributed by atoms with van der Waals surface area (Å²) in [5.74, 6) is 1.28. The van der Waals surface area contributed by atoms with Crippen molar-refractivity contribution in [3.05, 3.63) is 72.6 Å². The predicted molar refractivity (Wildman–Crippen MR) is 96.6 cm³/mol. The third-order valence-electron chi connectivity index (χ3n) is 3.92. The van der Waals surface area contributed by atoms with E-state index in [4.69, 9.17) is 0 Å². The van der Waals surface area contributed by atoms with Gasteiger partial charge in [0.25, 0.3) is 5.78 Å². The monoisotopic (exact) mass is 367 g/mol. The highest BCUT2D eigenvalue weighted by Gasteiger charge is 2.10. The molecule has 6 nitrogen and oxygen atoms in total. The van der Waals surface area contributed by atoms with Crippen LogP contribution in [0.1, 0.15) is 5.56 Å². The molecule has 0 atom stereocenters. The van der Waals surface area contributed by atoms with Crippen molar-refractivity contribution in [1.29, 1.82) is 0 Å². The van der Waals surface area contributed by atoms with Crippen LogP contribution in [-0.2, 0) is 6.54 Å². The number of rotatable bonds is 6. The first-order valence-electron chi connectivity index (χ1n) is 8.23. The first-order valence-corrected chi connectivity index (χ1v) is 8.23. The lowest BCUT2D eigenvalue weighted by Crippen LogP contribution is -2.07. The smallest absolute Gasteiger partial charge is 0.387 e. The Morgan fingerprint density at radius 3 is 2.70 bits per heavy atom. The number of hydrogen-bond acceptors (Lipinski definition) is 5. The number of nitrogens with one attached hydrogen (secondary N) is 1. The molecule has 0 aliphatic rings. The molecular weight excluding hydrogens is 352 g/mol. The molecule has 2 aromatic heterocycles. The maximum absolute atomic E-state index is 12.4. The molecule has 1 N–H and O–H groups in total. The normalized spacial score (nSPS) is 11.1. The molecule has 0 aliphatic carbocycles. The number of fused-ring (bicyclic) bond motifs is 1. The Morgan fingerprint density at radius 1 is 1.04 bits per heavy atom. The molecular formula is C19H15F2N5O. The summed E-state index contributed by atoms with van der Waals surface area (Å²) in [6.07, 6.45) is 1.43. The Labute approximate surface area is 153 Å². The largest absolute Gasteiger partial charge is 0.435 e. The Hall–Kier alpha value is -3.55. The van der Waals surface area contributed by atoms with Gasteiger partial charge in [-0.1, -0.05) is 42.5 Å². The standard InChI is InChI=1S/C19H15F2N5O/c20-18(21)27-15-8-4-5-13(9-15)11-22-17-10-16(14-6-2-1-3-7-14)25-19-23-12-24-26(17)19/h1-10,12,18,22H,11H2. The highest BCUT2D eigenvalue weighted by molar-refractivity contribution is 5.65. The minimum absolute atomic E-state index is 0.120. The van der Waals surface area contributed by atoms with E-state index in [9.17, 15) is 8.78 Å². The van der Waals surface area contributed by atoms with Crippen molar-refractivity contribution in [3.8, 4) is 17.0 Å². The minimum atomic E-state index is -2.85. The van der Waals surface area contributed by atoms with Crippen molar-refractivity contribution in [2.75, 3.05) is 5.32 Å². The SMILES string of the molecule is FC(F)Oc1cccc(CNc2cc(-c3ccccc3)nc3ncnn23)c1. The van der Waals surface area contributed by atoms with Crippen LogP contribution >= 0.6 is 0 Å². The van der Waals surface area contributed by atoms with Gasteiger partial charge in [0.2, 0.25) is 0 Å². The summed E-state index contributed by atoms with van der Waals surface area (Å²) in [5.41, 5.74) is 2.51. The van der Waals surface area contributed by atoms with E-state index >= 15 is 0 Å². The van der Waals surface area contributed by atoms with Crippen molar-refractivity contribution in [2.45, 2.75) is 13.2 Å². The topological polar surface area (TPSA) is 64.3 Å². The van der Waals surface area contributed by atoms with Crippen molar-refractivity contribution in [3.63, 3.8) is 0 Å². The van der Waals surface area contributed by atoms with Gasteiger partial charge < -0.3 is 10.1 Å². The first-order chi connectivity index (χ1) is 13.2. The van der Waals surface area contributed by atoms with E-state index in [0.717, 1.165) is 16.8 Å². The highest BCUT2D eigenvalue weighted by Crippen LogP contribution is 2.22. The number of aromatic nitrogens is 4. The van der Waals surface area contributed by atoms with Gasteiger partial charge in [-0.3, -0.25) is 0 Å². The number of anilines is 1. The van der Waals surface area contributed by atoms with Crippen LogP contribution in [0.25, 0.3) is 17.0 Å². The molecule has 4 rings (SSSR count). The quantitative estimate of drug-likeness (QED) is 0.558. The first kappa shape index (κ1) is 16.9. The fourth-order valence-corrected chi connectivity index (χ4v) is 2.72. The van der Waals surface area contributed by atoms with Crippen LogP contribution in [0.2, 0.25) is 0 Å². The van der Waals surface area contributed by atoms with Crippen LogP contribution < -0.4 is 10.1 Å². The molecule has 0 bridgehead atoms. The lowest BCUT2D eigenvalue weighted by molar-refractivity contribution is -0.0498. The van der Waals surface area contributed by atoms with Gasteiger partial charge in [0.15, 0.2) is 0 Å². The zero-order valence-electron chi connectivity index (χ0n) is 14.1. The number of halogens is 2. The summed E-state index contributed by atoms with van der Waals surface area (Å²) in [6, 6.07) is 18.2. The van der Waals surface area contributed by atoms with Crippen LogP contribution in [0.3, 0.4) is 0 Å². The number of nitrogens with zero attached hydrogens (tertiary/aromatic N) is 4. The fourth-order valence-electron chi connectivity index (χ4n) is 2.72. The van der Waals surface area contributed by atoms with Crippen molar-refractivity contribution >= 4 is 11.6 Å². The summed E-state index contributed by atoms with van der Waals surface area (Å²) >= 11 is 0. The van der Waals surface area contributed by atoms with Crippen LogP contribution in [0.4, 0.5) is 14.6 Å². The summed E-state index contributed by atoms with van der Waals surface area (Å²) in [4.78, 5) is 8.68. The molecule has 0 spiro atoms. The molecule has 8 heteroatoms. The number of hydrogen-bond donors (Lipinski definition) is 1. The molecule has 136 valence electrons. The Morgan fingerprint density at radius 2 is 1.89 bits per heavy atom. The zero-order valence-corrected chi connectivity index (χ0v) is 14.1. The van der Waals surface area contributed by atoms with Gasteiger partial charge >= 0.3 is 6.61 Å². The van der Waals surface area contributed by atoms with Crippen LogP contribution in [0, 0.1) is 0 Å². The van der Waals surface area contributed by atoms with Gasteiger partial charge in [0, 0.05) is 18.2 Å². The third-order valence-corrected chi connectivity index (χ3v) is 3.92. The second-order valence-electron chi connectivity index (χ2n) is 5.74. The summed E-state index contributed by atoms with van der Waals surface area (Å²) in [7, 11) is 0. The van der Waals surface area contributed by atoms with Crippen molar-refractivity contribution < 1.29 is 13.5 Å². The predicted octanol–water partition coefficient (Wildman–Crippen LogP) is 4.00. The van der Waals surface area contributed by atoms with E-state index in [1.54, 1.807) is 16.6 Å². The van der Waals surface area contributed by atoms with Gasteiger partial charge in [-0.2, -0.15) is 23.4 Å². The molecule has 0 amide bonds. The maximum Gasteiger partial charge on any atom is 0.387 e.